The van der Waals surface area contributed by atoms with Gasteiger partial charge in [-0.1, -0.05) is 24.4 Å². The first kappa shape index (κ1) is 24.9. The molecule has 32 heavy (non-hydrogen) atoms. The largest absolute Gasteiger partial charge is 0.351 e. The van der Waals surface area contributed by atoms with Crippen LogP contribution in [0.4, 0.5) is 0 Å². The number of nitrogens with zero attached hydrogens (tertiary/aromatic N) is 1. The first-order valence-corrected chi connectivity index (χ1v) is 11.9. The van der Waals surface area contributed by atoms with Crippen LogP contribution in [0.15, 0.2) is 24.3 Å². The Balaban J connectivity index is 0.00000289. The van der Waals surface area contributed by atoms with Gasteiger partial charge in [0.05, 0.1) is 0 Å². The number of amides is 2. The Morgan fingerprint density at radius 1 is 1.03 bits per heavy atom. The van der Waals surface area contributed by atoms with Crippen molar-refractivity contribution in [3.8, 4) is 0 Å². The number of carbonyl (C=O) groups excluding carboxylic acids is 2. The molecule has 176 valence electrons. The molecule has 0 unspecified atom stereocenters. The predicted octanol–water partition coefficient (Wildman–Crippen LogP) is 4.52. The monoisotopic (exact) mass is 480 g/mol. The molecule has 2 aliphatic rings. The lowest BCUT2D eigenvalue weighted by Crippen LogP contribution is -2.55. The molecule has 4 rings (SSSR count). The van der Waals surface area contributed by atoms with E-state index >= 15 is 0 Å². The number of likely N-dealkylation sites (tertiary alicyclic amines) is 1. The van der Waals surface area contributed by atoms with Crippen LogP contribution in [0, 0.1) is 5.92 Å². The summed E-state index contributed by atoms with van der Waals surface area (Å²) in [7, 11) is 0. The molecule has 1 aromatic heterocycles. The maximum atomic E-state index is 12.9. The van der Waals surface area contributed by atoms with E-state index in [4.69, 9.17) is 11.6 Å². The van der Waals surface area contributed by atoms with Crippen molar-refractivity contribution in [2.75, 3.05) is 13.1 Å². The third-order valence-electron chi connectivity index (χ3n) is 6.87. The highest BCUT2D eigenvalue weighted by Gasteiger charge is 2.32. The molecule has 1 aliphatic carbocycles. The molecule has 2 atom stereocenters. The van der Waals surface area contributed by atoms with Gasteiger partial charge in [0, 0.05) is 40.0 Å². The topological polar surface area (TPSA) is 77.2 Å². The number of rotatable bonds is 5. The van der Waals surface area contributed by atoms with Crippen molar-refractivity contribution in [3.05, 3.63) is 35.0 Å². The van der Waals surface area contributed by atoms with Gasteiger partial charge < -0.3 is 20.5 Å². The van der Waals surface area contributed by atoms with E-state index in [1.807, 2.05) is 18.2 Å². The lowest BCUT2D eigenvalue weighted by Gasteiger charge is -2.36. The summed E-state index contributed by atoms with van der Waals surface area (Å²) in [6, 6.07) is 7.84. The maximum absolute atomic E-state index is 12.9. The number of halogens is 2. The van der Waals surface area contributed by atoms with Crippen molar-refractivity contribution in [2.45, 2.75) is 70.5 Å². The van der Waals surface area contributed by atoms with Crippen LogP contribution in [-0.2, 0) is 4.79 Å². The molecule has 6 nitrogen and oxygen atoms in total. The smallest absolute Gasteiger partial charge is 0.268 e. The zero-order valence-corrected chi connectivity index (χ0v) is 20.4. The zero-order valence-electron chi connectivity index (χ0n) is 18.8. The lowest BCUT2D eigenvalue weighted by atomic mass is 9.88. The maximum Gasteiger partial charge on any atom is 0.268 e. The van der Waals surface area contributed by atoms with Gasteiger partial charge >= 0.3 is 0 Å². The van der Waals surface area contributed by atoms with Crippen LogP contribution in [0.1, 0.15) is 62.9 Å². The number of hydrogen-bond acceptors (Lipinski definition) is 3. The van der Waals surface area contributed by atoms with Crippen molar-refractivity contribution in [2.24, 2.45) is 5.92 Å². The summed E-state index contributed by atoms with van der Waals surface area (Å²) >= 11 is 6.06. The van der Waals surface area contributed by atoms with Gasteiger partial charge in [0.15, 0.2) is 0 Å². The lowest BCUT2D eigenvalue weighted by molar-refractivity contribution is -0.127. The van der Waals surface area contributed by atoms with E-state index < -0.39 is 0 Å². The Morgan fingerprint density at radius 3 is 2.34 bits per heavy atom. The van der Waals surface area contributed by atoms with Gasteiger partial charge in [0.2, 0.25) is 5.91 Å². The Morgan fingerprint density at radius 2 is 1.69 bits per heavy atom. The number of aromatic amines is 1. The molecule has 1 saturated carbocycles. The fourth-order valence-electron chi connectivity index (χ4n) is 4.93. The van der Waals surface area contributed by atoms with Gasteiger partial charge in [-0.2, -0.15) is 0 Å². The summed E-state index contributed by atoms with van der Waals surface area (Å²) < 4.78 is 0. The van der Waals surface area contributed by atoms with Crippen LogP contribution >= 0.6 is 24.0 Å². The summed E-state index contributed by atoms with van der Waals surface area (Å²) in [5.41, 5.74) is 1.41. The van der Waals surface area contributed by atoms with E-state index in [2.05, 4.69) is 34.4 Å². The van der Waals surface area contributed by atoms with Crippen LogP contribution in [-0.4, -0.2) is 52.9 Å². The van der Waals surface area contributed by atoms with E-state index in [1.54, 1.807) is 6.07 Å². The van der Waals surface area contributed by atoms with Gasteiger partial charge in [0.25, 0.3) is 5.91 Å². The van der Waals surface area contributed by atoms with Crippen molar-refractivity contribution >= 4 is 46.7 Å². The summed E-state index contributed by atoms with van der Waals surface area (Å²) in [6.45, 7) is 6.37. The Bertz CT molecular complexity index is 937. The summed E-state index contributed by atoms with van der Waals surface area (Å²) in [6.07, 6.45) is 5.75. The molecule has 2 heterocycles. The van der Waals surface area contributed by atoms with Gasteiger partial charge in [-0.25, -0.2) is 0 Å². The van der Waals surface area contributed by atoms with Gasteiger partial charge in [-0.05, 0) is 76.9 Å². The third-order valence-corrected chi connectivity index (χ3v) is 7.10. The molecule has 2 fully saturated rings. The van der Waals surface area contributed by atoms with Crippen molar-refractivity contribution in [3.63, 3.8) is 0 Å². The Hall–Kier alpha value is -1.76. The standard InChI is InChI=1S/C24H33ClN4O2.ClH/c1-15(2)29-11-9-16(10-12-29)23(30)27-20-5-3-4-6-21(20)28-24(31)22-14-17-13-18(25)7-8-19(17)26-22;/h7-8,13-16,20-21,26H,3-6,9-12H2,1-2H3,(H,27,30)(H,28,31);1H/t20-,21+;/m1./s1. The molecule has 1 saturated heterocycles. The molecule has 1 aliphatic heterocycles. The van der Waals surface area contributed by atoms with Gasteiger partial charge in [-0.3, -0.25) is 9.59 Å². The van der Waals surface area contributed by atoms with Crippen LogP contribution in [0.3, 0.4) is 0 Å². The second kappa shape index (κ2) is 10.9. The van der Waals surface area contributed by atoms with E-state index in [-0.39, 0.29) is 42.2 Å². The molecule has 0 spiro atoms. The molecular weight excluding hydrogens is 447 g/mol. The van der Waals surface area contributed by atoms with Crippen LogP contribution in [0.2, 0.25) is 5.02 Å². The Kier molecular flexibility index (Phi) is 8.48. The normalized spacial score (nSPS) is 22.5. The molecule has 0 bridgehead atoms. The van der Waals surface area contributed by atoms with Gasteiger partial charge in [-0.15, -0.1) is 12.4 Å². The molecular formula is C24H34Cl2N4O2. The predicted molar refractivity (Wildman–Crippen MR) is 132 cm³/mol. The molecule has 3 N–H and O–H groups in total. The quantitative estimate of drug-likeness (QED) is 0.588. The molecule has 0 radical (unpaired) electrons. The van der Waals surface area contributed by atoms with E-state index in [0.29, 0.717) is 16.8 Å². The zero-order chi connectivity index (χ0) is 22.0. The molecule has 2 amide bonds. The minimum Gasteiger partial charge on any atom is -0.351 e. The molecule has 1 aromatic carbocycles. The SMILES string of the molecule is CC(C)N1CCC(C(=O)N[C@@H]2CCCC[C@@H]2NC(=O)c2cc3cc(Cl)ccc3[nH]2)CC1.Cl. The second-order valence-electron chi connectivity index (χ2n) is 9.30. The van der Waals surface area contributed by atoms with Crippen molar-refractivity contribution < 1.29 is 9.59 Å². The van der Waals surface area contributed by atoms with Crippen LogP contribution in [0.5, 0.6) is 0 Å². The second-order valence-corrected chi connectivity index (χ2v) is 9.73. The first-order chi connectivity index (χ1) is 14.9. The fraction of sp³-hybridized carbons (Fsp3) is 0.583. The summed E-state index contributed by atoms with van der Waals surface area (Å²) in [5.74, 6) is 0.0882. The molecule has 2 aromatic rings. The number of H-pyrrole nitrogens is 1. The highest BCUT2D eigenvalue weighted by atomic mass is 35.5. The van der Waals surface area contributed by atoms with Crippen molar-refractivity contribution in [1.29, 1.82) is 0 Å². The minimum absolute atomic E-state index is 0. The van der Waals surface area contributed by atoms with E-state index in [0.717, 1.165) is 62.5 Å². The summed E-state index contributed by atoms with van der Waals surface area (Å²) in [5, 5.41) is 8.00. The van der Waals surface area contributed by atoms with Crippen LogP contribution < -0.4 is 10.6 Å². The third kappa shape index (κ3) is 5.77. The number of benzene rings is 1. The van der Waals surface area contributed by atoms with Crippen molar-refractivity contribution in [1.82, 2.24) is 20.5 Å². The highest BCUT2D eigenvalue weighted by Crippen LogP contribution is 2.24. The number of hydrogen-bond donors (Lipinski definition) is 3. The molecule has 8 heteroatoms. The number of aromatic nitrogens is 1. The van der Waals surface area contributed by atoms with E-state index in [9.17, 15) is 9.59 Å². The van der Waals surface area contributed by atoms with Crippen LogP contribution in [0.25, 0.3) is 10.9 Å². The average Bonchev–Trinajstić information content (AvgIpc) is 3.18. The number of carbonyl (C=O) groups is 2. The van der Waals surface area contributed by atoms with Gasteiger partial charge in [0.1, 0.15) is 5.69 Å². The van der Waals surface area contributed by atoms with E-state index in [1.165, 1.54) is 0 Å². The summed E-state index contributed by atoms with van der Waals surface area (Å²) in [4.78, 5) is 31.4. The average molecular weight is 481 g/mol. The number of piperidine rings is 1. The fourth-order valence-corrected chi connectivity index (χ4v) is 5.11. The number of nitrogens with one attached hydrogen (secondary N) is 3. The number of fused-ring (bicyclic) bond motifs is 1. The Labute approximate surface area is 201 Å². The highest BCUT2D eigenvalue weighted by molar-refractivity contribution is 6.31. The first-order valence-electron chi connectivity index (χ1n) is 11.5. The minimum atomic E-state index is -0.135.